The number of rotatable bonds is 3. The maximum Gasteiger partial charge on any atom is 0.268 e. The van der Waals surface area contributed by atoms with Gasteiger partial charge < -0.3 is 4.42 Å². The van der Waals surface area contributed by atoms with Gasteiger partial charge in [0.2, 0.25) is 0 Å². The molecule has 1 amide bonds. The lowest BCUT2D eigenvalue weighted by Gasteiger charge is -2.02. The Morgan fingerprint density at radius 3 is 3.10 bits per heavy atom. The van der Waals surface area contributed by atoms with Crippen molar-refractivity contribution in [3.63, 3.8) is 0 Å². The third-order valence-corrected chi connectivity index (χ3v) is 3.09. The van der Waals surface area contributed by atoms with Gasteiger partial charge in [0, 0.05) is 7.05 Å². The van der Waals surface area contributed by atoms with Crippen LogP contribution in [0.4, 0.5) is 0 Å². The predicted molar refractivity (Wildman–Crippen MR) is 72.2 cm³/mol. The molecule has 0 bridgehead atoms. The molecule has 0 aliphatic heterocycles. The number of hydrogen-bond acceptors (Lipinski definition) is 6. The summed E-state index contributed by atoms with van der Waals surface area (Å²) in [5, 5.41) is 4.42. The van der Waals surface area contributed by atoms with Gasteiger partial charge >= 0.3 is 0 Å². The predicted octanol–water partition coefficient (Wildman–Crippen LogP) is -0.625. The number of nitrogens with two attached hydrogens (primary N) is 1. The van der Waals surface area contributed by atoms with E-state index in [-0.39, 0.29) is 17.7 Å². The molecule has 0 radical (unpaired) electrons. The Bertz CT molecular complexity index is 875. The smallest absolute Gasteiger partial charge is 0.268 e. The van der Waals surface area contributed by atoms with Gasteiger partial charge in [-0.15, -0.1) is 0 Å². The Morgan fingerprint density at radius 1 is 1.52 bits per heavy atom. The molecule has 3 aromatic heterocycles. The van der Waals surface area contributed by atoms with E-state index in [4.69, 9.17) is 10.3 Å². The standard InChI is InChI=1S/C12H12N6O3/c1-17-10-9(3-15-17)12(20)18(6-14-10)4-8-2-7(5-21-8)11(19)16-13/h2-3,5-6H,4,13H2,1H3,(H,16,19). The monoisotopic (exact) mass is 288 g/mol. The van der Waals surface area contributed by atoms with Crippen molar-refractivity contribution in [2.75, 3.05) is 0 Å². The van der Waals surface area contributed by atoms with Crippen LogP contribution in [0.5, 0.6) is 0 Å². The summed E-state index contributed by atoms with van der Waals surface area (Å²) in [6, 6.07) is 1.52. The lowest BCUT2D eigenvalue weighted by Crippen LogP contribution is -2.29. The maximum absolute atomic E-state index is 12.3. The highest BCUT2D eigenvalue weighted by Gasteiger charge is 2.12. The number of nitrogens with zero attached hydrogens (tertiary/aromatic N) is 4. The van der Waals surface area contributed by atoms with Gasteiger partial charge in [-0.1, -0.05) is 0 Å². The van der Waals surface area contributed by atoms with Crippen LogP contribution in [-0.4, -0.2) is 25.2 Å². The normalized spacial score (nSPS) is 11.0. The lowest BCUT2D eigenvalue weighted by molar-refractivity contribution is 0.0953. The van der Waals surface area contributed by atoms with Gasteiger partial charge in [-0.05, 0) is 6.07 Å². The Labute approximate surface area is 117 Å². The molecule has 9 nitrogen and oxygen atoms in total. The number of carbonyl (C=O) groups is 1. The SMILES string of the molecule is Cn1ncc2c(=O)n(Cc3cc(C(=O)NN)co3)cnc21. The van der Waals surface area contributed by atoms with Crippen LogP contribution >= 0.6 is 0 Å². The highest BCUT2D eigenvalue weighted by Crippen LogP contribution is 2.10. The first-order valence-electron chi connectivity index (χ1n) is 6.05. The fraction of sp³-hybridized carbons (Fsp3) is 0.167. The van der Waals surface area contributed by atoms with E-state index in [1.807, 2.05) is 5.43 Å². The molecule has 3 heterocycles. The summed E-state index contributed by atoms with van der Waals surface area (Å²) in [6.45, 7) is 0.161. The van der Waals surface area contributed by atoms with Crippen LogP contribution in [-0.2, 0) is 13.6 Å². The molecule has 0 aliphatic carbocycles. The molecule has 3 rings (SSSR count). The highest BCUT2D eigenvalue weighted by molar-refractivity contribution is 5.93. The molecular weight excluding hydrogens is 276 g/mol. The molecule has 108 valence electrons. The minimum Gasteiger partial charge on any atom is -0.467 e. The summed E-state index contributed by atoms with van der Waals surface area (Å²) >= 11 is 0. The van der Waals surface area contributed by atoms with E-state index >= 15 is 0 Å². The average Bonchev–Trinajstić information content (AvgIpc) is 3.09. The number of fused-ring (bicyclic) bond motifs is 1. The van der Waals surface area contributed by atoms with Gasteiger partial charge in [0.25, 0.3) is 11.5 Å². The summed E-state index contributed by atoms with van der Waals surface area (Å²) in [7, 11) is 1.71. The first kappa shape index (κ1) is 13.1. The zero-order valence-electron chi connectivity index (χ0n) is 11.1. The number of furan rings is 1. The zero-order chi connectivity index (χ0) is 15.0. The summed E-state index contributed by atoms with van der Waals surface area (Å²) in [4.78, 5) is 27.8. The number of hydrogen-bond donors (Lipinski definition) is 2. The van der Waals surface area contributed by atoms with Crippen molar-refractivity contribution in [1.29, 1.82) is 0 Å². The van der Waals surface area contributed by atoms with E-state index in [9.17, 15) is 9.59 Å². The van der Waals surface area contributed by atoms with E-state index in [0.717, 1.165) is 0 Å². The fourth-order valence-corrected chi connectivity index (χ4v) is 2.01. The largest absolute Gasteiger partial charge is 0.467 e. The van der Waals surface area contributed by atoms with Gasteiger partial charge in [0.05, 0.1) is 18.3 Å². The molecule has 0 saturated heterocycles. The van der Waals surface area contributed by atoms with Crippen molar-refractivity contribution >= 4 is 16.9 Å². The van der Waals surface area contributed by atoms with Gasteiger partial charge in [0.1, 0.15) is 23.7 Å². The second-order valence-electron chi connectivity index (χ2n) is 4.46. The van der Waals surface area contributed by atoms with Crippen LogP contribution in [0.3, 0.4) is 0 Å². The summed E-state index contributed by atoms with van der Waals surface area (Å²) < 4.78 is 8.15. The van der Waals surface area contributed by atoms with Crippen molar-refractivity contribution < 1.29 is 9.21 Å². The number of nitrogens with one attached hydrogen (secondary N) is 1. The highest BCUT2D eigenvalue weighted by atomic mass is 16.3. The third kappa shape index (κ3) is 2.19. The topological polar surface area (TPSA) is 121 Å². The maximum atomic E-state index is 12.3. The van der Waals surface area contributed by atoms with Crippen LogP contribution in [0.1, 0.15) is 16.1 Å². The molecule has 21 heavy (non-hydrogen) atoms. The van der Waals surface area contributed by atoms with Crippen molar-refractivity contribution in [3.8, 4) is 0 Å². The van der Waals surface area contributed by atoms with E-state index < -0.39 is 5.91 Å². The van der Waals surface area contributed by atoms with E-state index in [0.29, 0.717) is 16.8 Å². The van der Waals surface area contributed by atoms with Gasteiger partial charge in [-0.25, -0.2) is 10.8 Å². The molecular formula is C12H12N6O3. The lowest BCUT2D eigenvalue weighted by atomic mass is 10.3. The summed E-state index contributed by atoms with van der Waals surface area (Å²) in [6.07, 6.45) is 4.16. The van der Waals surface area contributed by atoms with Gasteiger partial charge in [-0.3, -0.25) is 24.3 Å². The van der Waals surface area contributed by atoms with Gasteiger partial charge in [0.15, 0.2) is 5.65 Å². The number of hydrazine groups is 1. The molecule has 0 aromatic carbocycles. The summed E-state index contributed by atoms with van der Waals surface area (Å²) in [5.41, 5.74) is 2.58. The van der Waals surface area contributed by atoms with Crippen LogP contribution in [0.25, 0.3) is 11.0 Å². The van der Waals surface area contributed by atoms with Crippen LogP contribution in [0.15, 0.2) is 34.1 Å². The minimum absolute atomic E-state index is 0.161. The quantitative estimate of drug-likeness (QED) is 0.376. The third-order valence-electron chi connectivity index (χ3n) is 3.09. The van der Waals surface area contributed by atoms with Crippen LogP contribution in [0.2, 0.25) is 0 Å². The van der Waals surface area contributed by atoms with Gasteiger partial charge in [-0.2, -0.15) is 5.10 Å². The number of aromatic nitrogens is 4. The first-order chi connectivity index (χ1) is 10.1. The molecule has 3 N–H and O–H groups in total. The van der Waals surface area contributed by atoms with Crippen molar-refractivity contribution in [1.82, 2.24) is 24.8 Å². The molecule has 0 saturated carbocycles. The first-order valence-corrected chi connectivity index (χ1v) is 6.05. The number of nitrogen functional groups attached to an aromatic ring is 1. The average molecular weight is 288 g/mol. The van der Waals surface area contributed by atoms with Crippen LogP contribution in [0, 0.1) is 0 Å². The second-order valence-corrected chi connectivity index (χ2v) is 4.46. The zero-order valence-corrected chi connectivity index (χ0v) is 11.1. The number of carbonyl (C=O) groups excluding carboxylic acids is 1. The number of aryl methyl sites for hydroxylation is 1. The molecule has 0 unspecified atom stereocenters. The summed E-state index contributed by atoms with van der Waals surface area (Å²) in [5.74, 6) is 5.02. The Hall–Kier alpha value is -2.94. The molecule has 0 atom stereocenters. The minimum atomic E-state index is -0.460. The Kier molecular flexibility index (Phi) is 3.03. The molecule has 3 aromatic rings. The molecule has 9 heteroatoms. The van der Waals surface area contributed by atoms with Crippen molar-refractivity contribution in [2.45, 2.75) is 6.54 Å². The molecule has 0 fully saturated rings. The second kappa shape index (κ2) is 4.87. The fourth-order valence-electron chi connectivity index (χ4n) is 2.01. The van der Waals surface area contributed by atoms with E-state index in [1.165, 1.54) is 34.1 Å². The molecule has 0 aliphatic rings. The Morgan fingerprint density at radius 2 is 2.33 bits per heavy atom. The van der Waals surface area contributed by atoms with E-state index in [2.05, 4.69) is 10.1 Å². The van der Waals surface area contributed by atoms with Crippen molar-refractivity contribution in [3.05, 3.63) is 46.5 Å². The number of amides is 1. The molecule has 0 spiro atoms. The van der Waals surface area contributed by atoms with E-state index in [1.54, 1.807) is 7.05 Å². The van der Waals surface area contributed by atoms with Crippen LogP contribution < -0.4 is 16.8 Å². The van der Waals surface area contributed by atoms with Crippen molar-refractivity contribution in [2.24, 2.45) is 12.9 Å². The Balaban J connectivity index is 1.95.